The number of rotatable bonds is 10. The van der Waals surface area contributed by atoms with Crippen molar-refractivity contribution in [2.75, 3.05) is 32.6 Å². The third-order valence-electron chi connectivity index (χ3n) is 4.41. The Morgan fingerprint density at radius 2 is 1.64 bits per heavy atom. The van der Waals surface area contributed by atoms with Gasteiger partial charge in [0, 0.05) is 5.69 Å². The SMILES string of the molecule is CCC[C@@H](NC(=O)C[NH+](C)CC(=O)Nc1ccc(OC)cc1)c1ccccc1. The molecular formula is C22H30N3O3+. The Hall–Kier alpha value is -2.86. The van der Waals surface area contributed by atoms with Crippen LogP contribution in [0.2, 0.25) is 0 Å². The van der Waals surface area contributed by atoms with Gasteiger partial charge in [-0.3, -0.25) is 9.59 Å². The number of benzene rings is 2. The van der Waals surface area contributed by atoms with Crippen molar-refractivity contribution in [1.82, 2.24) is 5.32 Å². The van der Waals surface area contributed by atoms with Gasteiger partial charge < -0.3 is 20.3 Å². The molecule has 6 heteroatoms. The number of methoxy groups -OCH3 is 1. The van der Waals surface area contributed by atoms with Crippen molar-refractivity contribution in [2.45, 2.75) is 25.8 Å². The minimum Gasteiger partial charge on any atom is -0.497 e. The van der Waals surface area contributed by atoms with Crippen LogP contribution in [0.15, 0.2) is 54.6 Å². The van der Waals surface area contributed by atoms with Gasteiger partial charge in [-0.15, -0.1) is 0 Å². The van der Waals surface area contributed by atoms with E-state index in [1.165, 1.54) is 0 Å². The zero-order valence-electron chi connectivity index (χ0n) is 16.8. The van der Waals surface area contributed by atoms with Gasteiger partial charge in [-0.25, -0.2) is 0 Å². The summed E-state index contributed by atoms with van der Waals surface area (Å²) in [6.45, 7) is 2.55. The van der Waals surface area contributed by atoms with Gasteiger partial charge in [0.2, 0.25) is 0 Å². The Kier molecular flexibility index (Phi) is 8.49. The predicted molar refractivity (Wildman–Crippen MR) is 110 cm³/mol. The highest BCUT2D eigenvalue weighted by Crippen LogP contribution is 2.17. The van der Waals surface area contributed by atoms with Crippen molar-refractivity contribution in [3.8, 4) is 5.75 Å². The third kappa shape index (κ3) is 7.04. The second-order valence-electron chi connectivity index (χ2n) is 6.91. The predicted octanol–water partition coefficient (Wildman–Crippen LogP) is 1.81. The molecule has 2 atom stereocenters. The summed E-state index contributed by atoms with van der Waals surface area (Å²) in [6, 6.07) is 17.1. The van der Waals surface area contributed by atoms with E-state index in [9.17, 15) is 9.59 Å². The van der Waals surface area contributed by atoms with Crippen LogP contribution in [0.3, 0.4) is 0 Å². The van der Waals surface area contributed by atoms with Crippen molar-refractivity contribution in [2.24, 2.45) is 0 Å². The zero-order chi connectivity index (χ0) is 20.4. The van der Waals surface area contributed by atoms with Gasteiger partial charge in [-0.1, -0.05) is 43.7 Å². The van der Waals surface area contributed by atoms with E-state index in [1.807, 2.05) is 37.4 Å². The first kappa shape index (κ1) is 21.4. The molecule has 0 heterocycles. The molecule has 0 fully saturated rings. The number of carbonyl (C=O) groups excluding carboxylic acids is 2. The molecule has 0 aliphatic rings. The second-order valence-corrected chi connectivity index (χ2v) is 6.91. The number of carbonyl (C=O) groups is 2. The lowest BCUT2D eigenvalue weighted by molar-refractivity contribution is -0.862. The number of amides is 2. The van der Waals surface area contributed by atoms with E-state index in [2.05, 4.69) is 17.6 Å². The lowest BCUT2D eigenvalue weighted by Crippen LogP contribution is -3.11. The Morgan fingerprint density at radius 1 is 1.00 bits per heavy atom. The molecule has 0 aliphatic heterocycles. The average Bonchev–Trinajstić information content (AvgIpc) is 2.68. The minimum atomic E-state index is -0.136. The molecule has 28 heavy (non-hydrogen) atoms. The van der Waals surface area contributed by atoms with Crippen molar-refractivity contribution >= 4 is 17.5 Å². The van der Waals surface area contributed by atoms with E-state index in [-0.39, 0.29) is 30.9 Å². The zero-order valence-corrected chi connectivity index (χ0v) is 16.8. The van der Waals surface area contributed by atoms with Crippen molar-refractivity contribution < 1.29 is 19.2 Å². The van der Waals surface area contributed by atoms with Gasteiger partial charge in [-0.05, 0) is 36.2 Å². The minimum absolute atomic E-state index is 0.000347. The van der Waals surface area contributed by atoms with Gasteiger partial charge in [-0.2, -0.15) is 0 Å². The number of nitrogens with one attached hydrogen (secondary N) is 3. The molecular weight excluding hydrogens is 354 g/mol. The van der Waals surface area contributed by atoms with Crippen LogP contribution in [0.25, 0.3) is 0 Å². The second kappa shape index (κ2) is 11.1. The first-order valence-electron chi connectivity index (χ1n) is 9.61. The smallest absolute Gasteiger partial charge is 0.279 e. The fourth-order valence-corrected chi connectivity index (χ4v) is 3.03. The summed E-state index contributed by atoms with van der Waals surface area (Å²) in [5.41, 5.74) is 1.81. The van der Waals surface area contributed by atoms with E-state index in [4.69, 9.17) is 4.74 Å². The third-order valence-corrected chi connectivity index (χ3v) is 4.41. The molecule has 2 amide bonds. The van der Waals surface area contributed by atoms with Gasteiger partial charge in [0.25, 0.3) is 11.8 Å². The van der Waals surface area contributed by atoms with Crippen LogP contribution < -0.4 is 20.3 Å². The standard InChI is InChI=1S/C22H29N3O3/c1-4-8-20(17-9-6-5-7-10-17)24-22(27)16-25(2)15-21(26)23-18-11-13-19(28-3)14-12-18/h5-7,9-14,20H,4,8,15-16H2,1-3H3,(H,23,26)(H,24,27)/p+1/t20-/m1/s1. The molecule has 3 N–H and O–H groups in total. The fourth-order valence-electron chi connectivity index (χ4n) is 3.03. The average molecular weight is 385 g/mol. The van der Waals surface area contributed by atoms with Gasteiger partial charge >= 0.3 is 0 Å². The molecule has 150 valence electrons. The summed E-state index contributed by atoms with van der Waals surface area (Å²) < 4.78 is 5.10. The monoisotopic (exact) mass is 384 g/mol. The molecule has 2 aromatic carbocycles. The number of hydrogen-bond donors (Lipinski definition) is 3. The summed E-state index contributed by atoms with van der Waals surface area (Å²) in [5, 5.41) is 5.93. The van der Waals surface area contributed by atoms with Gasteiger partial charge in [0.05, 0.1) is 20.2 Å². The van der Waals surface area contributed by atoms with Gasteiger partial charge in [0.1, 0.15) is 5.75 Å². The Morgan fingerprint density at radius 3 is 2.25 bits per heavy atom. The lowest BCUT2D eigenvalue weighted by atomic mass is 10.0. The number of likely N-dealkylation sites (N-methyl/N-ethyl adjacent to an activating group) is 1. The van der Waals surface area contributed by atoms with Crippen molar-refractivity contribution in [3.05, 3.63) is 60.2 Å². The van der Waals surface area contributed by atoms with E-state index >= 15 is 0 Å². The molecule has 0 spiro atoms. The molecule has 2 aromatic rings. The largest absolute Gasteiger partial charge is 0.497 e. The normalized spacial score (nSPS) is 12.7. The summed E-state index contributed by atoms with van der Waals surface area (Å²) in [5.74, 6) is 0.540. The summed E-state index contributed by atoms with van der Waals surface area (Å²) >= 11 is 0. The first-order valence-corrected chi connectivity index (χ1v) is 9.61. The van der Waals surface area contributed by atoms with E-state index < -0.39 is 0 Å². The molecule has 0 radical (unpaired) electrons. The highest BCUT2D eigenvalue weighted by molar-refractivity contribution is 5.91. The maximum atomic E-state index is 12.4. The topological polar surface area (TPSA) is 71.9 Å². The fraction of sp³-hybridized carbons (Fsp3) is 0.364. The molecule has 0 saturated carbocycles. The van der Waals surface area contributed by atoms with Crippen LogP contribution in [-0.4, -0.2) is 39.1 Å². The maximum Gasteiger partial charge on any atom is 0.279 e. The van der Waals surface area contributed by atoms with Crippen molar-refractivity contribution in [3.63, 3.8) is 0 Å². The van der Waals surface area contributed by atoms with Crippen LogP contribution in [-0.2, 0) is 9.59 Å². The molecule has 1 unspecified atom stereocenters. The van der Waals surface area contributed by atoms with Crippen LogP contribution in [0.1, 0.15) is 31.4 Å². The van der Waals surface area contributed by atoms with Crippen LogP contribution in [0.5, 0.6) is 5.75 Å². The number of ether oxygens (including phenoxy) is 1. The number of quaternary nitrogens is 1. The molecule has 0 aromatic heterocycles. The lowest BCUT2D eigenvalue weighted by Gasteiger charge is -2.20. The van der Waals surface area contributed by atoms with E-state index in [0.717, 1.165) is 29.1 Å². The summed E-state index contributed by atoms with van der Waals surface area (Å²) in [7, 11) is 3.43. The molecule has 6 nitrogen and oxygen atoms in total. The maximum absolute atomic E-state index is 12.4. The Bertz CT molecular complexity index is 747. The van der Waals surface area contributed by atoms with E-state index in [1.54, 1.807) is 31.4 Å². The van der Waals surface area contributed by atoms with Crippen LogP contribution >= 0.6 is 0 Å². The van der Waals surface area contributed by atoms with Crippen LogP contribution in [0, 0.1) is 0 Å². The molecule has 0 bridgehead atoms. The summed E-state index contributed by atoms with van der Waals surface area (Å²) in [4.78, 5) is 25.5. The Labute approximate surface area is 166 Å². The summed E-state index contributed by atoms with van der Waals surface area (Å²) in [6.07, 6.45) is 1.86. The van der Waals surface area contributed by atoms with Crippen LogP contribution in [0.4, 0.5) is 5.69 Å². The first-order chi connectivity index (χ1) is 13.5. The number of hydrogen-bond acceptors (Lipinski definition) is 3. The van der Waals surface area contributed by atoms with Crippen molar-refractivity contribution in [1.29, 1.82) is 0 Å². The Balaban J connectivity index is 1.82. The number of anilines is 1. The quantitative estimate of drug-likeness (QED) is 0.585. The van der Waals surface area contributed by atoms with Gasteiger partial charge in [0.15, 0.2) is 13.1 Å². The highest BCUT2D eigenvalue weighted by Gasteiger charge is 2.18. The highest BCUT2D eigenvalue weighted by atomic mass is 16.5. The molecule has 2 rings (SSSR count). The molecule has 0 saturated heterocycles. The molecule has 0 aliphatic carbocycles. The van der Waals surface area contributed by atoms with E-state index in [0.29, 0.717) is 5.69 Å².